The van der Waals surface area contributed by atoms with Gasteiger partial charge in [0, 0.05) is 11.2 Å². The van der Waals surface area contributed by atoms with Gasteiger partial charge in [-0.3, -0.25) is 0 Å². The predicted molar refractivity (Wildman–Crippen MR) is 54.8 cm³/mol. The van der Waals surface area contributed by atoms with E-state index in [2.05, 4.69) is 0 Å². The van der Waals surface area contributed by atoms with Gasteiger partial charge in [-0.25, -0.2) is 0 Å². The normalized spacial score (nSPS) is 10.5. The number of nitrogens with two attached hydrogens (primary N) is 1. The van der Waals surface area contributed by atoms with Gasteiger partial charge in [-0.15, -0.1) is 0 Å². The molecule has 0 radical (unpaired) electrons. The van der Waals surface area contributed by atoms with E-state index in [1.165, 1.54) is 0 Å². The molecule has 0 amide bonds. The molecule has 4 N–H and O–H groups in total. The summed E-state index contributed by atoms with van der Waals surface area (Å²) in [4.78, 5) is 0. The number of hydrogen-bond acceptors (Lipinski definition) is 3. The van der Waals surface area contributed by atoms with Crippen LogP contribution in [-0.2, 0) is 0 Å². The monoisotopic (exact) mass is 179 g/mol. The summed E-state index contributed by atoms with van der Waals surface area (Å²) in [6.07, 6.45) is 0. The molecule has 13 heavy (non-hydrogen) atoms. The van der Waals surface area contributed by atoms with Crippen LogP contribution in [0.4, 0.5) is 5.69 Å². The fourth-order valence-electron chi connectivity index (χ4n) is 1.33. The molecule has 0 spiro atoms. The number of rotatable bonds is 2. The number of para-hydroxylation sites is 1. The number of anilines is 1. The summed E-state index contributed by atoms with van der Waals surface area (Å²) in [6, 6.07) is 5.29. The van der Waals surface area contributed by atoms with Crippen LogP contribution >= 0.6 is 0 Å². The Morgan fingerprint density at radius 3 is 2.38 bits per heavy atom. The molecule has 4 heteroatoms. The van der Waals surface area contributed by atoms with E-state index < -0.39 is 7.12 Å². The van der Waals surface area contributed by atoms with E-state index in [9.17, 15) is 0 Å². The van der Waals surface area contributed by atoms with Gasteiger partial charge in [0.2, 0.25) is 0 Å². The first-order chi connectivity index (χ1) is 6.04. The van der Waals surface area contributed by atoms with Crippen molar-refractivity contribution in [2.75, 3.05) is 5.73 Å². The molecular weight excluding hydrogens is 165 g/mol. The van der Waals surface area contributed by atoms with Gasteiger partial charge < -0.3 is 15.8 Å². The van der Waals surface area contributed by atoms with E-state index in [4.69, 9.17) is 15.8 Å². The molecule has 1 aromatic carbocycles. The summed E-state index contributed by atoms with van der Waals surface area (Å²) < 4.78 is 0. The van der Waals surface area contributed by atoms with Crippen molar-refractivity contribution < 1.29 is 10.0 Å². The molecule has 0 bridgehead atoms. The second-order valence-corrected chi connectivity index (χ2v) is 3.38. The summed E-state index contributed by atoms with van der Waals surface area (Å²) in [5.74, 6) is 0.290. The van der Waals surface area contributed by atoms with E-state index in [1.807, 2.05) is 19.9 Å². The second kappa shape index (κ2) is 3.81. The number of benzene rings is 1. The zero-order valence-electron chi connectivity index (χ0n) is 7.86. The fraction of sp³-hybridized carbons (Fsp3) is 0.333. The molecule has 0 saturated carbocycles. The van der Waals surface area contributed by atoms with E-state index in [1.54, 1.807) is 12.1 Å². The van der Waals surface area contributed by atoms with Gasteiger partial charge in [0.15, 0.2) is 0 Å². The first kappa shape index (κ1) is 10.1. The molecular formula is C9H14BNO2. The van der Waals surface area contributed by atoms with E-state index in [0.29, 0.717) is 17.1 Å². The molecule has 0 aromatic heterocycles. The molecule has 0 heterocycles. The Morgan fingerprint density at radius 1 is 1.31 bits per heavy atom. The maximum Gasteiger partial charge on any atom is 0.490 e. The van der Waals surface area contributed by atoms with E-state index >= 15 is 0 Å². The highest BCUT2D eigenvalue weighted by molar-refractivity contribution is 6.60. The topological polar surface area (TPSA) is 66.5 Å². The molecule has 1 aromatic rings. The number of hydrogen-bond donors (Lipinski definition) is 3. The van der Waals surface area contributed by atoms with Gasteiger partial charge in [-0.05, 0) is 11.5 Å². The van der Waals surface area contributed by atoms with Crippen molar-refractivity contribution in [2.24, 2.45) is 0 Å². The minimum atomic E-state index is -1.49. The lowest BCUT2D eigenvalue weighted by Crippen LogP contribution is -2.33. The van der Waals surface area contributed by atoms with Crippen molar-refractivity contribution in [1.29, 1.82) is 0 Å². The molecule has 0 aliphatic heterocycles. The van der Waals surface area contributed by atoms with Crippen molar-refractivity contribution >= 4 is 18.3 Å². The van der Waals surface area contributed by atoms with Crippen LogP contribution in [0, 0.1) is 0 Å². The Kier molecular flexibility index (Phi) is 2.96. The zero-order valence-corrected chi connectivity index (χ0v) is 7.86. The average Bonchev–Trinajstić information content (AvgIpc) is 2.03. The van der Waals surface area contributed by atoms with Crippen LogP contribution in [0.25, 0.3) is 0 Å². The fourth-order valence-corrected chi connectivity index (χ4v) is 1.33. The minimum Gasteiger partial charge on any atom is -0.423 e. The first-order valence-corrected chi connectivity index (χ1v) is 4.28. The van der Waals surface area contributed by atoms with Crippen molar-refractivity contribution in [3.63, 3.8) is 0 Å². The van der Waals surface area contributed by atoms with Gasteiger partial charge in [0.1, 0.15) is 0 Å². The molecule has 3 nitrogen and oxygen atoms in total. The van der Waals surface area contributed by atoms with E-state index in [-0.39, 0.29) is 0 Å². The molecule has 1 rings (SSSR count). The lowest BCUT2D eigenvalue weighted by atomic mass is 9.77. The standard InChI is InChI=1S/C9H14BNO2/c1-6(2)7-4-3-5-8(9(7)11)10(12)13/h3-6,12-13H,11H2,1-2H3. The molecule has 0 unspecified atom stereocenters. The lowest BCUT2D eigenvalue weighted by molar-refractivity contribution is 0.426. The summed E-state index contributed by atoms with van der Waals surface area (Å²) in [7, 11) is -1.49. The van der Waals surface area contributed by atoms with Gasteiger partial charge in [-0.1, -0.05) is 32.0 Å². The Balaban J connectivity index is 3.18. The van der Waals surface area contributed by atoms with Crippen LogP contribution in [-0.4, -0.2) is 17.2 Å². The van der Waals surface area contributed by atoms with Gasteiger partial charge in [-0.2, -0.15) is 0 Å². The predicted octanol–water partition coefficient (Wildman–Crippen LogP) is 0.0720. The van der Waals surface area contributed by atoms with Crippen LogP contribution in [0.15, 0.2) is 18.2 Å². The lowest BCUT2D eigenvalue weighted by Gasteiger charge is -2.12. The van der Waals surface area contributed by atoms with Crippen LogP contribution in [0.1, 0.15) is 25.3 Å². The van der Waals surface area contributed by atoms with E-state index in [0.717, 1.165) is 5.56 Å². The van der Waals surface area contributed by atoms with Crippen molar-refractivity contribution in [3.8, 4) is 0 Å². The molecule has 0 saturated heterocycles. The quantitative estimate of drug-likeness (QED) is 0.444. The van der Waals surface area contributed by atoms with Crippen LogP contribution < -0.4 is 11.2 Å². The Bertz CT molecular complexity index is 273. The minimum absolute atomic E-state index is 0.290. The van der Waals surface area contributed by atoms with Crippen LogP contribution in [0.2, 0.25) is 0 Å². The highest BCUT2D eigenvalue weighted by Crippen LogP contribution is 2.19. The largest absolute Gasteiger partial charge is 0.490 e. The van der Waals surface area contributed by atoms with Crippen molar-refractivity contribution in [3.05, 3.63) is 23.8 Å². The SMILES string of the molecule is CC(C)c1cccc(B(O)O)c1N. The molecule has 0 aliphatic carbocycles. The molecule has 70 valence electrons. The maximum absolute atomic E-state index is 8.99. The first-order valence-electron chi connectivity index (χ1n) is 4.28. The third-order valence-corrected chi connectivity index (χ3v) is 2.07. The summed E-state index contributed by atoms with van der Waals surface area (Å²) in [6.45, 7) is 4.03. The van der Waals surface area contributed by atoms with Crippen molar-refractivity contribution in [1.82, 2.24) is 0 Å². The summed E-state index contributed by atoms with van der Waals surface area (Å²) in [5.41, 5.74) is 7.57. The highest BCUT2D eigenvalue weighted by atomic mass is 16.4. The zero-order chi connectivity index (χ0) is 10.0. The van der Waals surface area contributed by atoms with Gasteiger partial charge >= 0.3 is 7.12 Å². The van der Waals surface area contributed by atoms with Gasteiger partial charge in [0.05, 0.1) is 0 Å². The van der Waals surface area contributed by atoms with Crippen LogP contribution in [0.3, 0.4) is 0 Å². The van der Waals surface area contributed by atoms with Crippen molar-refractivity contribution in [2.45, 2.75) is 19.8 Å². The third-order valence-electron chi connectivity index (χ3n) is 2.07. The Labute approximate surface area is 78.3 Å². The molecule has 0 fully saturated rings. The molecule has 0 atom stereocenters. The van der Waals surface area contributed by atoms with Crippen LogP contribution in [0.5, 0.6) is 0 Å². The number of nitrogen functional groups attached to an aromatic ring is 1. The highest BCUT2D eigenvalue weighted by Gasteiger charge is 2.17. The maximum atomic E-state index is 8.99. The summed E-state index contributed by atoms with van der Waals surface area (Å²) in [5, 5.41) is 18.0. The van der Waals surface area contributed by atoms with Gasteiger partial charge in [0.25, 0.3) is 0 Å². The third kappa shape index (κ3) is 2.02. The Hall–Kier alpha value is -0.995. The Morgan fingerprint density at radius 2 is 1.92 bits per heavy atom. The second-order valence-electron chi connectivity index (χ2n) is 3.38. The average molecular weight is 179 g/mol. The smallest absolute Gasteiger partial charge is 0.423 e. The summed E-state index contributed by atoms with van der Waals surface area (Å²) >= 11 is 0. The molecule has 0 aliphatic rings.